The summed E-state index contributed by atoms with van der Waals surface area (Å²) in [6, 6.07) is 0. The number of fused-ring (bicyclic) bond motifs is 3. The SMILES string of the molecule is C=C1C(=O)OC2C1C(OC(=O)C(C)=CC)CC(=C)C1(O)CC=C(C)C21. The third-order valence-corrected chi connectivity index (χ3v) is 5.80. The van der Waals surface area contributed by atoms with Crippen LogP contribution >= 0.6 is 0 Å². The van der Waals surface area contributed by atoms with Crippen molar-refractivity contribution in [3.05, 3.63) is 47.6 Å². The van der Waals surface area contributed by atoms with Gasteiger partial charge in [-0.1, -0.05) is 30.9 Å². The Morgan fingerprint density at radius 2 is 2.16 bits per heavy atom. The number of carbonyl (C=O) groups excluding carboxylic acids is 2. The van der Waals surface area contributed by atoms with E-state index in [-0.39, 0.29) is 17.9 Å². The molecule has 0 amide bonds. The normalized spacial score (nSPS) is 37.8. The van der Waals surface area contributed by atoms with Crippen LogP contribution in [-0.4, -0.2) is 34.9 Å². The number of hydrogen-bond donors (Lipinski definition) is 1. The van der Waals surface area contributed by atoms with Gasteiger partial charge in [-0.2, -0.15) is 0 Å². The minimum atomic E-state index is -1.19. The maximum atomic E-state index is 12.3. The molecule has 1 saturated heterocycles. The van der Waals surface area contributed by atoms with Crippen molar-refractivity contribution >= 4 is 11.9 Å². The Labute approximate surface area is 147 Å². The van der Waals surface area contributed by atoms with Crippen molar-refractivity contribution in [1.82, 2.24) is 0 Å². The van der Waals surface area contributed by atoms with E-state index >= 15 is 0 Å². The highest BCUT2D eigenvalue weighted by Gasteiger charge is 2.59. The number of carbonyl (C=O) groups is 2. The molecule has 1 saturated carbocycles. The molecule has 1 aliphatic heterocycles. The second-order valence-corrected chi connectivity index (χ2v) is 7.20. The molecule has 5 atom stereocenters. The van der Waals surface area contributed by atoms with Crippen molar-refractivity contribution in [3.63, 3.8) is 0 Å². The summed E-state index contributed by atoms with van der Waals surface area (Å²) in [6.45, 7) is 13.3. The van der Waals surface area contributed by atoms with Crippen molar-refractivity contribution in [2.45, 2.75) is 51.4 Å². The molecule has 3 rings (SSSR count). The Hall–Kier alpha value is -2.14. The molecule has 0 aromatic rings. The average Bonchev–Trinajstić information content (AvgIpc) is 3.00. The van der Waals surface area contributed by atoms with E-state index in [1.165, 1.54) is 0 Å². The van der Waals surface area contributed by atoms with Crippen molar-refractivity contribution < 1.29 is 24.2 Å². The molecule has 3 aliphatic rings. The van der Waals surface area contributed by atoms with Crippen LogP contribution in [-0.2, 0) is 19.1 Å². The molecule has 25 heavy (non-hydrogen) atoms. The van der Waals surface area contributed by atoms with E-state index in [0.717, 1.165) is 5.57 Å². The molecule has 5 unspecified atom stereocenters. The molecule has 5 heteroatoms. The van der Waals surface area contributed by atoms with Crippen LogP contribution in [0.4, 0.5) is 0 Å². The lowest BCUT2D eigenvalue weighted by atomic mass is 9.77. The van der Waals surface area contributed by atoms with E-state index < -0.39 is 35.7 Å². The first-order valence-corrected chi connectivity index (χ1v) is 8.51. The van der Waals surface area contributed by atoms with Crippen molar-refractivity contribution in [3.8, 4) is 0 Å². The average molecular weight is 344 g/mol. The first kappa shape index (κ1) is 17.7. The monoisotopic (exact) mass is 344 g/mol. The quantitative estimate of drug-likeness (QED) is 0.474. The minimum Gasteiger partial charge on any atom is -0.458 e. The number of aliphatic hydroxyl groups is 1. The van der Waals surface area contributed by atoms with Crippen molar-refractivity contribution in [1.29, 1.82) is 0 Å². The lowest BCUT2D eigenvalue weighted by molar-refractivity contribution is -0.148. The molecule has 1 heterocycles. The fourth-order valence-corrected chi connectivity index (χ4v) is 4.17. The highest BCUT2D eigenvalue weighted by atomic mass is 16.6. The Morgan fingerprint density at radius 1 is 1.48 bits per heavy atom. The van der Waals surface area contributed by atoms with Gasteiger partial charge in [-0.3, -0.25) is 0 Å². The molecule has 0 aromatic carbocycles. The summed E-state index contributed by atoms with van der Waals surface area (Å²) in [5.41, 5.74) is 1.14. The van der Waals surface area contributed by atoms with Gasteiger partial charge in [-0.15, -0.1) is 0 Å². The molecule has 134 valence electrons. The summed E-state index contributed by atoms with van der Waals surface area (Å²) in [6.07, 6.45) is 3.08. The lowest BCUT2D eigenvalue weighted by Gasteiger charge is -2.34. The van der Waals surface area contributed by atoms with Gasteiger partial charge in [-0.05, 0) is 32.8 Å². The first-order chi connectivity index (χ1) is 11.7. The number of rotatable bonds is 2. The molecule has 1 N–H and O–H groups in total. The van der Waals surface area contributed by atoms with Gasteiger partial charge < -0.3 is 14.6 Å². The smallest absolute Gasteiger partial charge is 0.334 e. The highest BCUT2D eigenvalue weighted by molar-refractivity contribution is 5.92. The molecule has 0 bridgehead atoms. The number of esters is 2. The van der Waals surface area contributed by atoms with Gasteiger partial charge in [0.05, 0.1) is 17.4 Å². The molecular weight excluding hydrogens is 320 g/mol. The fourth-order valence-electron chi connectivity index (χ4n) is 4.17. The van der Waals surface area contributed by atoms with Crippen LogP contribution in [0.5, 0.6) is 0 Å². The van der Waals surface area contributed by atoms with Crippen molar-refractivity contribution in [2.24, 2.45) is 11.8 Å². The Kier molecular flexibility index (Phi) is 4.23. The number of ether oxygens (including phenoxy) is 2. The summed E-state index contributed by atoms with van der Waals surface area (Å²) in [5.74, 6) is -1.82. The molecule has 0 aromatic heterocycles. The Morgan fingerprint density at radius 3 is 2.80 bits per heavy atom. The predicted molar refractivity (Wildman–Crippen MR) is 92.4 cm³/mol. The van der Waals surface area contributed by atoms with Gasteiger partial charge >= 0.3 is 11.9 Å². The largest absolute Gasteiger partial charge is 0.458 e. The predicted octanol–water partition coefficient (Wildman–Crippen LogP) is 2.62. The van der Waals surface area contributed by atoms with E-state index in [1.807, 2.05) is 13.0 Å². The van der Waals surface area contributed by atoms with E-state index in [9.17, 15) is 14.7 Å². The topological polar surface area (TPSA) is 72.8 Å². The lowest BCUT2D eigenvalue weighted by Crippen LogP contribution is -2.43. The second-order valence-electron chi connectivity index (χ2n) is 7.20. The minimum absolute atomic E-state index is 0.272. The van der Waals surface area contributed by atoms with Gasteiger partial charge in [0.2, 0.25) is 0 Å². The summed E-state index contributed by atoms with van der Waals surface area (Å²) in [4.78, 5) is 24.4. The van der Waals surface area contributed by atoms with Gasteiger partial charge in [0.25, 0.3) is 0 Å². The van der Waals surface area contributed by atoms with Gasteiger partial charge in [0.1, 0.15) is 12.2 Å². The maximum absolute atomic E-state index is 12.3. The maximum Gasteiger partial charge on any atom is 0.334 e. The Balaban J connectivity index is 2.02. The summed E-state index contributed by atoms with van der Waals surface area (Å²) in [5, 5.41) is 11.2. The molecule has 0 radical (unpaired) electrons. The van der Waals surface area contributed by atoms with E-state index in [4.69, 9.17) is 9.47 Å². The zero-order valence-corrected chi connectivity index (χ0v) is 14.9. The second kappa shape index (κ2) is 5.99. The van der Waals surface area contributed by atoms with E-state index in [0.29, 0.717) is 17.6 Å². The van der Waals surface area contributed by atoms with Crippen LogP contribution < -0.4 is 0 Å². The molecular formula is C20H24O5. The molecule has 2 fully saturated rings. The molecule has 5 nitrogen and oxygen atoms in total. The fraction of sp³-hybridized carbons (Fsp3) is 0.500. The third kappa shape index (κ3) is 2.58. The molecule has 2 aliphatic carbocycles. The Bertz CT molecular complexity index is 728. The van der Waals surface area contributed by atoms with Crippen LogP contribution in [0.25, 0.3) is 0 Å². The zero-order chi connectivity index (χ0) is 18.5. The van der Waals surface area contributed by atoms with Gasteiger partial charge in [-0.25, -0.2) is 9.59 Å². The summed E-state index contributed by atoms with van der Waals surface area (Å²) < 4.78 is 11.2. The van der Waals surface area contributed by atoms with Crippen LogP contribution in [0, 0.1) is 11.8 Å². The number of allylic oxidation sites excluding steroid dienone is 1. The molecule has 0 spiro atoms. The summed E-state index contributed by atoms with van der Waals surface area (Å²) >= 11 is 0. The first-order valence-electron chi connectivity index (χ1n) is 8.51. The van der Waals surface area contributed by atoms with Crippen LogP contribution in [0.15, 0.2) is 47.6 Å². The van der Waals surface area contributed by atoms with Crippen LogP contribution in [0.1, 0.15) is 33.6 Å². The zero-order valence-electron chi connectivity index (χ0n) is 14.9. The summed E-state index contributed by atoms with van der Waals surface area (Å²) in [7, 11) is 0. The third-order valence-electron chi connectivity index (χ3n) is 5.80. The van der Waals surface area contributed by atoms with Gasteiger partial charge in [0.15, 0.2) is 0 Å². The van der Waals surface area contributed by atoms with Crippen LogP contribution in [0.3, 0.4) is 0 Å². The van der Waals surface area contributed by atoms with Gasteiger partial charge in [0, 0.05) is 17.6 Å². The van der Waals surface area contributed by atoms with E-state index in [1.54, 1.807) is 19.9 Å². The van der Waals surface area contributed by atoms with E-state index in [2.05, 4.69) is 13.2 Å². The standard InChI is InChI=1S/C20H24O5/c1-6-10(2)18(21)24-14-9-12(4)20(23)8-7-11(3)16(20)17-15(14)13(5)19(22)25-17/h6-7,14-17,23H,4-5,8-9H2,1-3H3. The highest BCUT2D eigenvalue weighted by Crippen LogP contribution is 2.53. The van der Waals surface area contributed by atoms with Crippen molar-refractivity contribution in [2.75, 3.05) is 0 Å². The van der Waals surface area contributed by atoms with Crippen LogP contribution in [0.2, 0.25) is 0 Å². The number of hydrogen-bond acceptors (Lipinski definition) is 5.